The lowest BCUT2D eigenvalue weighted by Crippen LogP contribution is -2.14. The summed E-state index contributed by atoms with van der Waals surface area (Å²) in [5, 5.41) is 5.22. The number of benzene rings is 7. The van der Waals surface area contributed by atoms with Gasteiger partial charge in [-0.2, -0.15) is 0 Å². The van der Waals surface area contributed by atoms with Gasteiger partial charge in [0.15, 0.2) is 0 Å². The van der Waals surface area contributed by atoms with E-state index in [0.717, 1.165) is 6.42 Å². The number of hydrogen-bond acceptors (Lipinski definition) is 0. The zero-order valence-corrected chi connectivity index (χ0v) is 25.0. The molecular weight excluding hydrogens is 516 g/mol. The fraction of sp³-hybridized carbons (Fsp3) is 0.116. The van der Waals surface area contributed by atoms with Crippen molar-refractivity contribution in [3.05, 3.63) is 156 Å². The first-order valence-corrected chi connectivity index (χ1v) is 15.4. The monoisotopic (exact) mass is 550 g/mol. The van der Waals surface area contributed by atoms with E-state index in [0.29, 0.717) is 0 Å². The minimum atomic E-state index is -0.0670. The third-order valence-electron chi connectivity index (χ3n) is 9.64. The van der Waals surface area contributed by atoms with E-state index in [1.165, 1.54) is 82.7 Å². The molecule has 0 saturated heterocycles. The average molecular weight is 551 g/mol. The Morgan fingerprint density at radius 3 is 1.77 bits per heavy atom. The maximum atomic E-state index is 2.52. The average Bonchev–Trinajstić information content (AvgIpc) is 3.28. The summed E-state index contributed by atoms with van der Waals surface area (Å²) >= 11 is 0. The van der Waals surface area contributed by atoms with Gasteiger partial charge in [-0.05, 0) is 107 Å². The van der Waals surface area contributed by atoms with Crippen LogP contribution in [0.4, 0.5) is 0 Å². The van der Waals surface area contributed by atoms with E-state index < -0.39 is 0 Å². The Labute approximate surface area is 254 Å². The molecule has 0 bridgehead atoms. The zero-order chi connectivity index (χ0) is 29.1. The number of hydrogen-bond donors (Lipinski definition) is 0. The summed E-state index contributed by atoms with van der Waals surface area (Å²) in [7, 11) is 0. The van der Waals surface area contributed by atoms with E-state index >= 15 is 0 Å². The Morgan fingerprint density at radius 2 is 1.02 bits per heavy atom. The van der Waals surface area contributed by atoms with Crippen LogP contribution in [0.3, 0.4) is 0 Å². The summed E-state index contributed by atoms with van der Waals surface area (Å²) in [5.74, 6) is 0. The summed E-state index contributed by atoms with van der Waals surface area (Å²) in [4.78, 5) is 0. The maximum Gasteiger partial charge on any atom is 0.0159 e. The van der Waals surface area contributed by atoms with Gasteiger partial charge in [-0.1, -0.05) is 142 Å². The minimum absolute atomic E-state index is 0.0670. The number of fused-ring (bicyclic) bond motifs is 5. The van der Waals surface area contributed by atoms with Crippen molar-refractivity contribution in [3.63, 3.8) is 0 Å². The van der Waals surface area contributed by atoms with Gasteiger partial charge in [-0.25, -0.2) is 0 Å². The Bertz CT molecular complexity index is 2160. The highest BCUT2D eigenvalue weighted by Gasteiger charge is 2.36. The predicted molar refractivity (Wildman–Crippen MR) is 185 cm³/mol. The van der Waals surface area contributed by atoms with Crippen molar-refractivity contribution in [3.8, 4) is 44.5 Å². The largest absolute Gasteiger partial charge is 0.0622 e. The van der Waals surface area contributed by atoms with Gasteiger partial charge < -0.3 is 0 Å². The van der Waals surface area contributed by atoms with Crippen molar-refractivity contribution < 1.29 is 0 Å². The fourth-order valence-corrected chi connectivity index (χ4v) is 7.38. The van der Waals surface area contributed by atoms with Crippen LogP contribution in [0, 0.1) is 0 Å². The molecule has 1 aliphatic carbocycles. The molecule has 0 fully saturated rings. The molecule has 0 saturated carbocycles. The van der Waals surface area contributed by atoms with Gasteiger partial charge in [0.1, 0.15) is 0 Å². The van der Waals surface area contributed by atoms with E-state index in [9.17, 15) is 0 Å². The molecule has 1 aliphatic rings. The number of rotatable bonds is 4. The zero-order valence-electron chi connectivity index (χ0n) is 25.0. The van der Waals surface area contributed by atoms with Crippen molar-refractivity contribution >= 4 is 21.5 Å². The van der Waals surface area contributed by atoms with Gasteiger partial charge in [-0.15, -0.1) is 0 Å². The molecule has 0 amide bonds. The fourth-order valence-electron chi connectivity index (χ4n) is 7.38. The molecule has 0 aliphatic heterocycles. The lowest BCUT2D eigenvalue weighted by atomic mass is 9.79. The minimum Gasteiger partial charge on any atom is -0.0622 e. The molecule has 0 radical (unpaired) electrons. The Hall–Kier alpha value is -4.94. The lowest BCUT2D eigenvalue weighted by molar-refractivity contribution is 0.661. The highest BCUT2D eigenvalue weighted by molar-refractivity contribution is 6.22. The normalized spacial score (nSPS) is 13.3. The summed E-state index contributed by atoms with van der Waals surface area (Å²) in [6, 6.07) is 52.0. The molecule has 8 rings (SSSR count). The van der Waals surface area contributed by atoms with Crippen LogP contribution < -0.4 is 0 Å². The molecule has 0 heterocycles. The second-order valence-electron chi connectivity index (χ2n) is 12.4. The first-order valence-electron chi connectivity index (χ1n) is 15.4. The van der Waals surface area contributed by atoms with Crippen LogP contribution in [-0.4, -0.2) is 0 Å². The molecule has 0 unspecified atom stereocenters. The van der Waals surface area contributed by atoms with Crippen LogP contribution in [0.5, 0.6) is 0 Å². The van der Waals surface area contributed by atoms with Crippen molar-refractivity contribution in [2.24, 2.45) is 0 Å². The molecule has 43 heavy (non-hydrogen) atoms. The SMILES string of the molecule is CCc1ccc(-c2c3ccccc3c(-c3cccc(-c4ccccc4)c3)c3cc4c(cc23)C(C)(C)c2ccccc2-4)cc1. The highest BCUT2D eigenvalue weighted by atomic mass is 14.4. The van der Waals surface area contributed by atoms with E-state index in [1.807, 2.05) is 0 Å². The van der Waals surface area contributed by atoms with Crippen LogP contribution in [0.15, 0.2) is 140 Å². The summed E-state index contributed by atoms with van der Waals surface area (Å²) in [5.41, 5.74) is 14.5. The summed E-state index contributed by atoms with van der Waals surface area (Å²) in [6.45, 7) is 6.98. The first-order chi connectivity index (χ1) is 21.0. The molecule has 0 spiro atoms. The predicted octanol–water partition coefficient (Wildman–Crippen LogP) is 11.9. The molecule has 0 aromatic heterocycles. The van der Waals surface area contributed by atoms with Gasteiger partial charge in [0.25, 0.3) is 0 Å². The Balaban J connectivity index is 1.52. The second-order valence-corrected chi connectivity index (χ2v) is 12.4. The topological polar surface area (TPSA) is 0 Å². The number of aryl methyl sites for hydroxylation is 1. The van der Waals surface area contributed by atoms with Gasteiger partial charge in [-0.3, -0.25) is 0 Å². The summed E-state index contributed by atoms with van der Waals surface area (Å²) < 4.78 is 0. The second kappa shape index (κ2) is 9.82. The summed E-state index contributed by atoms with van der Waals surface area (Å²) in [6.07, 6.45) is 1.04. The smallest absolute Gasteiger partial charge is 0.0159 e. The van der Waals surface area contributed by atoms with Crippen molar-refractivity contribution in [1.29, 1.82) is 0 Å². The van der Waals surface area contributed by atoms with Gasteiger partial charge in [0.2, 0.25) is 0 Å². The standard InChI is InChI=1S/C43H34/c1-4-28-21-23-30(24-22-28)41-34-18-8-9-19-35(34)42(32-16-12-15-31(25-32)29-13-6-5-7-14-29)37-26-36-33-17-10-11-20-39(33)43(2,3)40(36)27-38(37)41/h5-27H,4H2,1-3H3. The molecule has 7 aromatic rings. The molecular formula is C43H34. The maximum absolute atomic E-state index is 2.52. The van der Waals surface area contributed by atoms with Crippen LogP contribution in [-0.2, 0) is 11.8 Å². The van der Waals surface area contributed by atoms with Gasteiger partial charge in [0, 0.05) is 5.41 Å². The molecule has 0 heteroatoms. The third-order valence-corrected chi connectivity index (χ3v) is 9.64. The molecule has 7 aromatic carbocycles. The van der Waals surface area contributed by atoms with Gasteiger partial charge >= 0.3 is 0 Å². The first kappa shape index (κ1) is 25.7. The lowest BCUT2D eigenvalue weighted by Gasteiger charge is -2.24. The quantitative estimate of drug-likeness (QED) is 0.191. The molecule has 206 valence electrons. The van der Waals surface area contributed by atoms with E-state index in [4.69, 9.17) is 0 Å². The van der Waals surface area contributed by atoms with Gasteiger partial charge in [0.05, 0.1) is 0 Å². The van der Waals surface area contributed by atoms with Crippen LogP contribution in [0.25, 0.3) is 66.1 Å². The Morgan fingerprint density at radius 1 is 0.419 bits per heavy atom. The van der Waals surface area contributed by atoms with Crippen LogP contribution in [0.1, 0.15) is 37.5 Å². The molecule has 0 atom stereocenters. The van der Waals surface area contributed by atoms with Crippen molar-refractivity contribution in [1.82, 2.24) is 0 Å². The van der Waals surface area contributed by atoms with E-state index in [1.54, 1.807) is 0 Å². The third kappa shape index (κ3) is 3.97. The molecule has 0 nitrogen and oxygen atoms in total. The van der Waals surface area contributed by atoms with Crippen LogP contribution >= 0.6 is 0 Å². The molecule has 0 N–H and O–H groups in total. The highest BCUT2D eigenvalue weighted by Crippen LogP contribution is 2.53. The van der Waals surface area contributed by atoms with Crippen molar-refractivity contribution in [2.45, 2.75) is 32.6 Å². The van der Waals surface area contributed by atoms with E-state index in [-0.39, 0.29) is 5.41 Å². The Kier molecular flexibility index (Phi) is 5.88. The van der Waals surface area contributed by atoms with E-state index in [2.05, 4.69) is 160 Å². The van der Waals surface area contributed by atoms with Crippen molar-refractivity contribution in [2.75, 3.05) is 0 Å². The van der Waals surface area contributed by atoms with Crippen LogP contribution in [0.2, 0.25) is 0 Å².